The summed E-state index contributed by atoms with van der Waals surface area (Å²) < 4.78 is 6.39. The predicted molar refractivity (Wildman–Crippen MR) is 242 cm³/mol. The molecule has 0 aliphatic carbocycles. The van der Waals surface area contributed by atoms with Crippen LogP contribution in [0.3, 0.4) is 0 Å². The van der Waals surface area contributed by atoms with Crippen molar-refractivity contribution < 1.29 is 19.1 Å². The molecule has 2 unspecified atom stereocenters. The van der Waals surface area contributed by atoms with E-state index in [-0.39, 0.29) is 38.4 Å². The monoisotopic (exact) mass is 883 g/mol. The SMILES string of the molecule is CCCCCCCCCCCCC(Oc1ccccc1C)C(=O)Nc1ccccc1SC1C(=O)N(c2c(Cl)cc(Cl)cc2Cl)NC1=Nc1cc(NC(C)=O)ccc1Cl. The molecule has 1 aliphatic heterocycles. The molecule has 3 amide bonds. The molecule has 2 atom stereocenters. The number of thioether (sulfide) groups is 1. The highest BCUT2D eigenvalue weighted by Crippen LogP contribution is 2.41. The van der Waals surface area contributed by atoms with Crippen molar-refractivity contribution in [3.8, 4) is 5.75 Å². The molecule has 1 aliphatic rings. The minimum Gasteiger partial charge on any atom is -0.480 e. The van der Waals surface area contributed by atoms with Gasteiger partial charge in [0.1, 0.15) is 22.5 Å². The molecule has 58 heavy (non-hydrogen) atoms. The van der Waals surface area contributed by atoms with Gasteiger partial charge in [-0.1, -0.05) is 141 Å². The van der Waals surface area contributed by atoms with E-state index in [4.69, 9.17) is 56.1 Å². The number of hydrazine groups is 1. The maximum atomic E-state index is 14.4. The lowest BCUT2D eigenvalue weighted by Gasteiger charge is -2.21. The highest BCUT2D eigenvalue weighted by molar-refractivity contribution is 8.01. The number of amidine groups is 1. The fourth-order valence-electron chi connectivity index (χ4n) is 6.49. The molecule has 0 bridgehead atoms. The van der Waals surface area contributed by atoms with Crippen molar-refractivity contribution in [3.63, 3.8) is 0 Å². The number of unbranched alkanes of at least 4 members (excludes halogenated alkanes) is 9. The van der Waals surface area contributed by atoms with Crippen LogP contribution < -0.4 is 25.8 Å². The van der Waals surface area contributed by atoms with Crippen LogP contribution in [0.25, 0.3) is 0 Å². The number of carbonyl (C=O) groups is 3. The number of rotatable bonds is 20. The number of ether oxygens (including phenoxy) is 1. The number of benzene rings is 4. The molecule has 14 heteroatoms. The summed E-state index contributed by atoms with van der Waals surface area (Å²) in [6, 6.07) is 22.7. The first-order valence-corrected chi connectivity index (χ1v) is 22.0. The standard InChI is InChI=1S/C44H49Cl4N5O4S/c1-4-5-6-7-8-9-10-11-12-13-21-38(57-37-20-16-14-18-28(37)2)43(55)51-35-19-15-17-22-39(35)58-41-42(50-36-27-31(49-29(3)54)23-24-32(36)46)52-53(44(41)56)40-33(47)25-30(45)26-34(40)48/h14-20,22-27,38,41H,4-13,21H2,1-3H3,(H,49,54)(H,50,52)(H,51,55). The third-order valence-electron chi connectivity index (χ3n) is 9.50. The van der Waals surface area contributed by atoms with Crippen molar-refractivity contribution in [3.05, 3.63) is 105 Å². The van der Waals surface area contributed by atoms with Gasteiger partial charge in [0.05, 0.1) is 26.4 Å². The van der Waals surface area contributed by atoms with Gasteiger partial charge in [-0.25, -0.2) is 10.0 Å². The van der Waals surface area contributed by atoms with E-state index in [9.17, 15) is 14.4 Å². The number of hydrogen-bond acceptors (Lipinski definition) is 6. The maximum Gasteiger partial charge on any atom is 0.267 e. The summed E-state index contributed by atoms with van der Waals surface area (Å²) >= 11 is 27.1. The number of halogens is 4. The third-order valence-corrected chi connectivity index (χ3v) is 11.9. The number of para-hydroxylation sites is 2. The average molecular weight is 886 g/mol. The van der Waals surface area contributed by atoms with Crippen LogP contribution in [0.15, 0.2) is 88.8 Å². The van der Waals surface area contributed by atoms with E-state index in [2.05, 4.69) is 23.0 Å². The van der Waals surface area contributed by atoms with Gasteiger partial charge in [0.15, 0.2) is 6.10 Å². The second-order valence-corrected chi connectivity index (χ2v) is 17.0. The van der Waals surface area contributed by atoms with Gasteiger partial charge < -0.3 is 15.4 Å². The van der Waals surface area contributed by atoms with Gasteiger partial charge >= 0.3 is 0 Å². The Bertz CT molecular complexity index is 2080. The average Bonchev–Trinajstić information content (AvgIpc) is 3.47. The number of nitrogens with one attached hydrogen (secondary N) is 3. The predicted octanol–water partition coefficient (Wildman–Crippen LogP) is 13.0. The van der Waals surface area contributed by atoms with Crippen LogP contribution in [0.5, 0.6) is 5.75 Å². The van der Waals surface area contributed by atoms with Crippen molar-refractivity contribution >= 4 is 104 Å². The van der Waals surface area contributed by atoms with Crippen LogP contribution in [0, 0.1) is 6.92 Å². The van der Waals surface area contributed by atoms with E-state index in [0.29, 0.717) is 39.2 Å². The van der Waals surface area contributed by atoms with Crippen LogP contribution in [-0.2, 0) is 14.4 Å². The Morgan fingerprint density at radius 1 is 0.828 bits per heavy atom. The Balaban J connectivity index is 1.38. The van der Waals surface area contributed by atoms with E-state index >= 15 is 0 Å². The molecule has 3 N–H and O–H groups in total. The van der Waals surface area contributed by atoms with Gasteiger partial charge in [-0.2, -0.15) is 0 Å². The lowest BCUT2D eigenvalue weighted by Crippen LogP contribution is -2.36. The van der Waals surface area contributed by atoms with Gasteiger partial charge in [-0.3, -0.25) is 19.8 Å². The summed E-state index contributed by atoms with van der Waals surface area (Å²) in [6.45, 7) is 5.59. The topological polar surface area (TPSA) is 112 Å². The van der Waals surface area contributed by atoms with E-state index in [0.717, 1.165) is 24.8 Å². The van der Waals surface area contributed by atoms with E-state index in [1.54, 1.807) is 24.3 Å². The first-order valence-electron chi connectivity index (χ1n) is 19.6. The molecule has 1 heterocycles. The van der Waals surface area contributed by atoms with E-state index < -0.39 is 17.3 Å². The quantitative estimate of drug-likeness (QED) is 0.0762. The summed E-state index contributed by atoms with van der Waals surface area (Å²) in [5, 5.41) is 6.95. The van der Waals surface area contributed by atoms with Crippen molar-refractivity contribution in [2.75, 3.05) is 15.6 Å². The summed E-state index contributed by atoms with van der Waals surface area (Å²) in [5.74, 6) is -0.134. The van der Waals surface area contributed by atoms with Gasteiger partial charge in [0.2, 0.25) is 5.91 Å². The van der Waals surface area contributed by atoms with Crippen molar-refractivity contribution in [1.82, 2.24) is 5.43 Å². The Labute approximate surface area is 365 Å². The largest absolute Gasteiger partial charge is 0.480 e. The Kier molecular flexibility index (Phi) is 17.5. The van der Waals surface area contributed by atoms with Crippen LogP contribution >= 0.6 is 58.2 Å². The third kappa shape index (κ3) is 12.8. The van der Waals surface area contributed by atoms with Crippen molar-refractivity contribution in [1.29, 1.82) is 0 Å². The number of nitrogens with zero attached hydrogens (tertiary/aromatic N) is 2. The zero-order valence-electron chi connectivity index (χ0n) is 32.9. The number of carbonyl (C=O) groups excluding carboxylic acids is 3. The molecule has 1 fully saturated rings. The number of amides is 3. The highest BCUT2D eigenvalue weighted by Gasteiger charge is 2.41. The van der Waals surface area contributed by atoms with Crippen molar-refractivity contribution in [2.45, 2.75) is 108 Å². The molecule has 0 aromatic heterocycles. The molecular weight excluding hydrogens is 836 g/mol. The van der Waals surface area contributed by atoms with Crippen LogP contribution in [-0.4, -0.2) is 34.9 Å². The first-order chi connectivity index (χ1) is 27.9. The molecule has 4 aromatic rings. The first kappa shape index (κ1) is 45.2. The molecule has 308 valence electrons. The Morgan fingerprint density at radius 3 is 2.14 bits per heavy atom. The van der Waals surface area contributed by atoms with Crippen LogP contribution in [0.4, 0.5) is 22.7 Å². The lowest BCUT2D eigenvalue weighted by atomic mass is 10.0. The summed E-state index contributed by atoms with van der Waals surface area (Å²) in [7, 11) is 0. The Morgan fingerprint density at radius 2 is 1.47 bits per heavy atom. The summed E-state index contributed by atoms with van der Waals surface area (Å²) in [5.41, 5.74) is 5.47. The maximum absolute atomic E-state index is 14.4. The van der Waals surface area contributed by atoms with Gasteiger partial charge in [-0.05, 0) is 73.9 Å². The molecule has 9 nitrogen and oxygen atoms in total. The van der Waals surface area contributed by atoms with Gasteiger partial charge in [0, 0.05) is 22.5 Å². The fourth-order valence-corrected chi connectivity index (χ4v) is 8.72. The second-order valence-electron chi connectivity index (χ2n) is 14.2. The smallest absolute Gasteiger partial charge is 0.267 e. The number of aryl methyl sites for hydroxylation is 1. The number of anilines is 3. The Hall–Kier alpha value is -3.93. The minimum absolute atomic E-state index is 0.142. The second kappa shape index (κ2) is 22.4. The molecule has 0 radical (unpaired) electrons. The number of aliphatic imine (C=N–C) groups is 1. The van der Waals surface area contributed by atoms with Crippen LogP contribution in [0.2, 0.25) is 20.1 Å². The normalized spacial score (nSPS) is 15.0. The zero-order chi connectivity index (χ0) is 41.6. The molecule has 5 rings (SSSR count). The summed E-state index contributed by atoms with van der Waals surface area (Å²) in [6.07, 6.45) is 11.6. The van der Waals surface area contributed by atoms with E-state index in [1.165, 1.54) is 80.8 Å². The van der Waals surface area contributed by atoms with Gasteiger partial charge in [-0.15, -0.1) is 11.8 Å². The summed E-state index contributed by atoms with van der Waals surface area (Å²) in [4.78, 5) is 45.7. The minimum atomic E-state index is -0.980. The number of hydrogen-bond donors (Lipinski definition) is 3. The molecule has 0 spiro atoms. The molecule has 4 aromatic carbocycles. The highest BCUT2D eigenvalue weighted by atomic mass is 35.5. The van der Waals surface area contributed by atoms with Gasteiger partial charge in [0.25, 0.3) is 11.8 Å². The zero-order valence-corrected chi connectivity index (χ0v) is 36.7. The molecule has 0 saturated carbocycles. The van der Waals surface area contributed by atoms with Crippen molar-refractivity contribution in [2.24, 2.45) is 4.99 Å². The molecule has 1 saturated heterocycles. The van der Waals surface area contributed by atoms with Crippen LogP contribution in [0.1, 0.15) is 90.0 Å². The lowest BCUT2D eigenvalue weighted by molar-refractivity contribution is -0.123. The fraction of sp³-hybridized carbons (Fsp3) is 0.364. The molecular formula is C44H49Cl4N5O4S. The van der Waals surface area contributed by atoms with E-state index in [1.807, 2.05) is 49.4 Å².